The number of aryl methyl sites for hydroxylation is 1. The van der Waals surface area contributed by atoms with Crippen molar-refractivity contribution < 1.29 is 13.2 Å². The van der Waals surface area contributed by atoms with Gasteiger partial charge in [-0.15, -0.1) is 0 Å². The van der Waals surface area contributed by atoms with Gasteiger partial charge in [-0.05, 0) is 24.5 Å². The van der Waals surface area contributed by atoms with Crippen LogP contribution in [0.1, 0.15) is 17.8 Å². The Morgan fingerprint density at radius 3 is 2.75 bits per heavy atom. The molecule has 1 aliphatic rings. The van der Waals surface area contributed by atoms with Crippen LogP contribution in [0, 0.1) is 0 Å². The number of benzene rings is 1. The summed E-state index contributed by atoms with van der Waals surface area (Å²) in [6, 6.07) is 8.13. The number of hydrogen-bond donors (Lipinski definition) is 2. The summed E-state index contributed by atoms with van der Waals surface area (Å²) < 4.78 is 38.0. The molecule has 0 spiro atoms. The zero-order valence-corrected chi connectivity index (χ0v) is 12.8. The molecule has 0 saturated carbocycles. The normalized spacial score (nSPS) is 14.4. The number of nitrogens with two attached hydrogens (primary N) is 1. The highest BCUT2D eigenvalue weighted by atomic mass is 19.4. The fourth-order valence-electron chi connectivity index (χ4n) is 2.74. The maximum Gasteiger partial charge on any atom is 0.451 e. The van der Waals surface area contributed by atoms with Crippen molar-refractivity contribution in [3.8, 4) is 0 Å². The number of alkyl halides is 3. The number of rotatable bonds is 4. The van der Waals surface area contributed by atoms with Crippen LogP contribution in [-0.4, -0.2) is 34.6 Å². The van der Waals surface area contributed by atoms with Crippen LogP contribution in [0.3, 0.4) is 0 Å². The van der Waals surface area contributed by atoms with Gasteiger partial charge in [0.15, 0.2) is 0 Å². The molecule has 1 aromatic heterocycles. The molecule has 0 unspecified atom stereocenters. The van der Waals surface area contributed by atoms with E-state index in [1.807, 2.05) is 12.1 Å². The maximum absolute atomic E-state index is 12.7. The van der Waals surface area contributed by atoms with Gasteiger partial charge in [0, 0.05) is 25.3 Å². The molecule has 6 nitrogen and oxygen atoms in total. The number of hydrogen-bond acceptors (Lipinski definition) is 6. The largest absolute Gasteiger partial charge is 0.451 e. The molecule has 2 heterocycles. The maximum atomic E-state index is 12.7. The number of para-hydroxylation sites is 1. The molecule has 0 bridgehead atoms. The molecule has 2 aromatic rings. The molecule has 0 saturated heterocycles. The molecule has 0 radical (unpaired) electrons. The van der Waals surface area contributed by atoms with E-state index in [1.165, 1.54) is 5.56 Å². The first kappa shape index (κ1) is 16.3. The van der Waals surface area contributed by atoms with E-state index < -0.39 is 17.9 Å². The van der Waals surface area contributed by atoms with Crippen LogP contribution in [0.25, 0.3) is 0 Å². The quantitative estimate of drug-likeness (QED) is 0.891. The number of fused-ring (bicyclic) bond motifs is 1. The molecule has 0 amide bonds. The lowest BCUT2D eigenvalue weighted by Crippen LogP contribution is -2.33. The van der Waals surface area contributed by atoms with Crippen LogP contribution in [0.15, 0.2) is 24.3 Å². The third-order valence-corrected chi connectivity index (χ3v) is 3.78. The molecule has 3 N–H and O–H groups in total. The Hall–Kier alpha value is -2.58. The minimum Gasteiger partial charge on any atom is -0.370 e. The van der Waals surface area contributed by atoms with E-state index in [0.29, 0.717) is 13.1 Å². The third-order valence-electron chi connectivity index (χ3n) is 3.78. The van der Waals surface area contributed by atoms with Gasteiger partial charge in [0.1, 0.15) is 0 Å². The van der Waals surface area contributed by atoms with Crippen molar-refractivity contribution in [2.75, 3.05) is 35.6 Å². The van der Waals surface area contributed by atoms with Crippen LogP contribution in [0.2, 0.25) is 0 Å². The van der Waals surface area contributed by atoms with E-state index in [-0.39, 0.29) is 5.95 Å². The van der Waals surface area contributed by atoms with Crippen LogP contribution >= 0.6 is 0 Å². The van der Waals surface area contributed by atoms with Crippen molar-refractivity contribution >= 4 is 17.6 Å². The van der Waals surface area contributed by atoms with Crippen LogP contribution in [0.4, 0.5) is 30.8 Å². The number of nitrogen functional groups attached to an aromatic ring is 1. The zero-order chi connectivity index (χ0) is 17.2. The van der Waals surface area contributed by atoms with E-state index in [0.717, 1.165) is 25.1 Å². The molecule has 0 fully saturated rings. The van der Waals surface area contributed by atoms with Gasteiger partial charge in [0.2, 0.25) is 17.7 Å². The average molecular weight is 338 g/mol. The summed E-state index contributed by atoms with van der Waals surface area (Å²) in [6.45, 7) is 1.94. The standard InChI is InChI=1S/C15H17F3N6/c16-15(17,18)12-21-13(19)23-14(22-12)20-7-9-24-8-3-5-10-4-1-2-6-11(10)24/h1-2,4,6H,3,5,7-9H2,(H3,19,20,21,22,23). The monoisotopic (exact) mass is 338 g/mol. The second-order valence-electron chi connectivity index (χ2n) is 5.48. The van der Waals surface area contributed by atoms with E-state index in [9.17, 15) is 13.2 Å². The molecule has 0 atom stereocenters. The van der Waals surface area contributed by atoms with Gasteiger partial charge in [-0.25, -0.2) is 0 Å². The highest BCUT2D eigenvalue weighted by Gasteiger charge is 2.35. The van der Waals surface area contributed by atoms with Gasteiger partial charge < -0.3 is 16.0 Å². The first-order chi connectivity index (χ1) is 11.4. The average Bonchev–Trinajstić information content (AvgIpc) is 2.54. The summed E-state index contributed by atoms with van der Waals surface area (Å²) in [5, 5.41) is 2.79. The lowest BCUT2D eigenvalue weighted by molar-refractivity contribution is -0.144. The molecule has 3 rings (SSSR count). The number of nitrogens with zero attached hydrogens (tertiary/aromatic N) is 4. The highest BCUT2D eigenvalue weighted by Crippen LogP contribution is 2.27. The summed E-state index contributed by atoms with van der Waals surface area (Å²) in [5.74, 6) is -1.91. The molecule has 9 heteroatoms. The molecular formula is C15H17F3N6. The molecule has 24 heavy (non-hydrogen) atoms. The Morgan fingerprint density at radius 2 is 1.96 bits per heavy atom. The topological polar surface area (TPSA) is 80.0 Å². The van der Waals surface area contributed by atoms with E-state index in [1.54, 1.807) is 0 Å². The van der Waals surface area contributed by atoms with E-state index >= 15 is 0 Å². The van der Waals surface area contributed by atoms with Gasteiger partial charge in [-0.3, -0.25) is 0 Å². The van der Waals surface area contributed by atoms with Crippen LogP contribution < -0.4 is 16.0 Å². The Kier molecular flexibility index (Phi) is 4.41. The van der Waals surface area contributed by atoms with Crippen molar-refractivity contribution in [2.24, 2.45) is 0 Å². The van der Waals surface area contributed by atoms with Gasteiger partial charge in [-0.1, -0.05) is 18.2 Å². The Balaban J connectivity index is 1.65. The third kappa shape index (κ3) is 3.66. The fraction of sp³-hybridized carbons (Fsp3) is 0.400. The second kappa shape index (κ2) is 6.50. The summed E-state index contributed by atoms with van der Waals surface area (Å²) in [5.41, 5.74) is 7.77. The lowest BCUT2D eigenvalue weighted by atomic mass is 10.0. The predicted molar refractivity (Wildman–Crippen MR) is 84.7 cm³/mol. The molecular weight excluding hydrogens is 321 g/mol. The summed E-state index contributed by atoms with van der Waals surface area (Å²) in [4.78, 5) is 12.4. The first-order valence-corrected chi connectivity index (χ1v) is 7.59. The van der Waals surface area contributed by atoms with Gasteiger partial charge >= 0.3 is 6.18 Å². The van der Waals surface area contributed by atoms with E-state index in [2.05, 4.69) is 37.3 Å². The van der Waals surface area contributed by atoms with Crippen molar-refractivity contribution in [2.45, 2.75) is 19.0 Å². The number of nitrogens with one attached hydrogen (secondary N) is 1. The second-order valence-corrected chi connectivity index (χ2v) is 5.48. The van der Waals surface area contributed by atoms with Gasteiger partial charge in [0.05, 0.1) is 0 Å². The Labute approximate surface area is 136 Å². The van der Waals surface area contributed by atoms with E-state index in [4.69, 9.17) is 5.73 Å². The number of aromatic nitrogens is 3. The smallest absolute Gasteiger partial charge is 0.370 e. The Bertz CT molecular complexity index is 719. The minimum atomic E-state index is -4.65. The molecule has 128 valence electrons. The SMILES string of the molecule is Nc1nc(NCCN2CCCc3ccccc32)nc(C(F)(F)F)n1. The minimum absolute atomic E-state index is 0.167. The van der Waals surface area contributed by atoms with Crippen molar-refractivity contribution in [1.82, 2.24) is 15.0 Å². The number of anilines is 3. The predicted octanol–water partition coefficient (Wildman–Crippen LogP) is 2.34. The lowest BCUT2D eigenvalue weighted by Gasteiger charge is -2.31. The molecule has 1 aromatic carbocycles. The van der Waals surface area contributed by atoms with Crippen molar-refractivity contribution in [3.63, 3.8) is 0 Å². The summed E-state index contributed by atoms with van der Waals surface area (Å²) in [6.07, 6.45) is -2.56. The number of halogens is 3. The van der Waals surface area contributed by atoms with Crippen LogP contribution in [0.5, 0.6) is 0 Å². The molecule has 1 aliphatic heterocycles. The highest BCUT2D eigenvalue weighted by molar-refractivity contribution is 5.55. The fourth-order valence-corrected chi connectivity index (χ4v) is 2.74. The van der Waals surface area contributed by atoms with Crippen molar-refractivity contribution in [1.29, 1.82) is 0 Å². The van der Waals surface area contributed by atoms with Gasteiger partial charge in [0.25, 0.3) is 0 Å². The Morgan fingerprint density at radius 1 is 1.17 bits per heavy atom. The summed E-state index contributed by atoms with van der Waals surface area (Å²) >= 11 is 0. The van der Waals surface area contributed by atoms with Crippen LogP contribution in [-0.2, 0) is 12.6 Å². The summed E-state index contributed by atoms with van der Waals surface area (Å²) in [7, 11) is 0. The zero-order valence-electron chi connectivity index (χ0n) is 12.8. The molecule has 0 aliphatic carbocycles. The first-order valence-electron chi connectivity index (χ1n) is 7.59. The van der Waals surface area contributed by atoms with Gasteiger partial charge in [-0.2, -0.15) is 28.1 Å². The van der Waals surface area contributed by atoms with Crippen molar-refractivity contribution in [3.05, 3.63) is 35.7 Å².